The summed E-state index contributed by atoms with van der Waals surface area (Å²) in [6.07, 6.45) is 0.411. The van der Waals surface area contributed by atoms with Crippen molar-refractivity contribution in [2.75, 3.05) is 5.32 Å². The van der Waals surface area contributed by atoms with Crippen LogP contribution in [0.1, 0.15) is 25.1 Å². The van der Waals surface area contributed by atoms with Gasteiger partial charge in [0.15, 0.2) is 0 Å². The van der Waals surface area contributed by atoms with E-state index in [9.17, 15) is 4.79 Å². The van der Waals surface area contributed by atoms with Gasteiger partial charge in [-0.15, -0.1) is 11.3 Å². The third-order valence-electron chi connectivity index (χ3n) is 3.56. The molecule has 2 aromatic heterocycles. The van der Waals surface area contributed by atoms with Gasteiger partial charge in [-0.2, -0.15) is 11.3 Å². The Balaban J connectivity index is 1.53. The molecule has 3 aromatic rings. The number of anilines is 1. The predicted octanol–water partition coefficient (Wildman–Crippen LogP) is 4.55. The standard InChI is InChI=1S/C19H21N3OS2/c1-13(2)21-18(23)9-14-3-5-16(6-4-14)20-10-17-12-25-19(22-17)15-7-8-24-11-15/h3-8,11-13,20H,9-10H2,1-2H3,(H,21,23). The number of carbonyl (C=O) groups is 1. The summed E-state index contributed by atoms with van der Waals surface area (Å²) in [5, 5.41) is 13.6. The van der Waals surface area contributed by atoms with Gasteiger partial charge in [0.05, 0.1) is 18.7 Å². The molecule has 3 rings (SSSR count). The lowest BCUT2D eigenvalue weighted by Gasteiger charge is -2.09. The van der Waals surface area contributed by atoms with Gasteiger partial charge in [-0.25, -0.2) is 4.98 Å². The number of benzene rings is 1. The molecule has 130 valence electrons. The molecule has 0 radical (unpaired) electrons. The fourth-order valence-electron chi connectivity index (χ4n) is 2.40. The molecule has 1 amide bonds. The van der Waals surface area contributed by atoms with Crippen LogP contribution in [0.4, 0.5) is 5.69 Å². The maximum Gasteiger partial charge on any atom is 0.224 e. The highest BCUT2D eigenvalue weighted by Crippen LogP contribution is 2.26. The number of amides is 1. The van der Waals surface area contributed by atoms with Crippen LogP contribution in [-0.4, -0.2) is 16.9 Å². The molecular formula is C19H21N3OS2. The van der Waals surface area contributed by atoms with Gasteiger partial charge in [0.1, 0.15) is 5.01 Å². The Morgan fingerprint density at radius 3 is 2.64 bits per heavy atom. The highest BCUT2D eigenvalue weighted by atomic mass is 32.1. The summed E-state index contributed by atoms with van der Waals surface area (Å²) in [6, 6.07) is 10.2. The molecule has 4 nitrogen and oxygen atoms in total. The second-order valence-corrected chi connectivity index (χ2v) is 7.74. The molecule has 0 saturated heterocycles. The normalized spacial score (nSPS) is 10.8. The van der Waals surface area contributed by atoms with Crippen molar-refractivity contribution in [1.82, 2.24) is 10.3 Å². The van der Waals surface area contributed by atoms with Crippen molar-refractivity contribution in [2.45, 2.75) is 32.9 Å². The molecule has 0 aliphatic rings. The number of carbonyl (C=O) groups excluding carboxylic acids is 1. The molecule has 2 heterocycles. The van der Waals surface area contributed by atoms with Crippen LogP contribution in [0.15, 0.2) is 46.5 Å². The second kappa shape index (κ2) is 8.27. The Labute approximate surface area is 155 Å². The van der Waals surface area contributed by atoms with E-state index in [1.807, 2.05) is 38.1 Å². The molecule has 25 heavy (non-hydrogen) atoms. The highest BCUT2D eigenvalue weighted by Gasteiger charge is 2.06. The lowest BCUT2D eigenvalue weighted by atomic mass is 10.1. The largest absolute Gasteiger partial charge is 0.379 e. The first kappa shape index (κ1) is 17.6. The fourth-order valence-corrected chi connectivity index (χ4v) is 3.93. The Kier molecular flexibility index (Phi) is 5.83. The maximum absolute atomic E-state index is 11.8. The summed E-state index contributed by atoms with van der Waals surface area (Å²) in [5.41, 5.74) is 4.26. The minimum atomic E-state index is 0.0548. The van der Waals surface area contributed by atoms with Gasteiger partial charge in [0, 0.05) is 28.1 Å². The smallest absolute Gasteiger partial charge is 0.224 e. The molecule has 0 spiro atoms. The molecule has 0 atom stereocenters. The monoisotopic (exact) mass is 371 g/mol. The van der Waals surface area contributed by atoms with E-state index in [0.29, 0.717) is 13.0 Å². The van der Waals surface area contributed by atoms with Crippen molar-refractivity contribution in [1.29, 1.82) is 0 Å². The zero-order valence-corrected chi connectivity index (χ0v) is 15.9. The van der Waals surface area contributed by atoms with E-state index >= 15 is 0 Å². The SMILES string of the molecule is CC(C)NC(=O)Cc1ccc(NCc2csc(-c3ccsc3)n2)cc1. The van der Waals surface area contributed by atoms with Gasteiger partial charge in [0.2, 0.25) is 5.91 Å². The minimum absolute atomic E-state index is 0.0548. The predicted molar refractivity (Wildman–Crippen MR) is 106 cm³/mol. The van der Waals surface area contributed by atoms with Crippen molar-refractivity contribution in [3.05, 3.63) is 57.7 Å². The Morgan fingerprint density at radius 1 is 1.16 bits per heavy atom. The summed E-state index contributed by atoms with van der Waals surface area (Å²) < 4.78 is 0. The number of nitrogens with one attached hydrogen (secondary N) is 2. The molecule has 1 aromatic carbocycles. The summed E-state index contributed by atoms with van der Waals surface area (Å²) in [6.45, 7) is 4.62. The summed E-state index contributed by atoms with van der Waals surface area (Å²) in [5.74, 6) is 0.0548. The van der Waals surface area contributed by atoms with Crippen molar-refractivity contribution >= 4 is 34.3 Å². The lowest BCUT2D eigenvalue weighted by Crippen LogP contribution is -2.31. The average molecular weight is 372 g/mol. The number of hydrogen-bond acceptors (Lipinski definition) is 5. The quantitative estimate of drug-likeness (QED) is 0.640. The van der Waals surface area contributed by atoms with Gasteiger partial charge in [-0.1, -0.05) is 12.1 Å². The Bertz CT molecular complexity index is 808. The van der Waals surface area contributed by atoms with E-state index in [-0.39, 0.29) is 11.9 Å². The molecule has 0 bridgehead atoms. The number of nitrogens with zero attached hydrogens (tertiary/aromatic N) is 1. The van der Waals surface area contributed by atoms with E-state index in [2.05, 4.69) is 37.8 Å². The number of aromatic nitrogens is 1. The molecule has 0 aliphatic heterocycles. The third kappa shape index (κ3) is 5.14. The summed E-state index contributed by atoms with van der Waals surface area (Å²) in [7, 11) is 0. The van der Waals surface area contributed by atoms with Crippen LogP contribution < -0.4 is 10.6 Å². The van der Waals surface area contributed by atoms with Crippen molar-refractivity contribution in [3.8, 4) is 10.6 Å². The lowest BCUT2D eigenvalue weighted by molar-refractivity contribution is -0.120. The summed E-state index contributed by atoms with van der Waals surface area (Å²) >= 11 is 3.35. The third-order valence-corrected chi connectivity index (χ3v) is 5.19. The first-order chi connectivity index (χ1) is 12.1. The fraction of sp³-hybridized carbons (Fsp3) is 0.263. The van der Waals surface area contributed by atoms with Crippen LogP contribution in [0.2, 0.25) is 0 Å². The zero-order valence-electron chi connectivity index (χ0n) is 14.3. The van der Waals surface area contributed by atoms with Crippen LogP contribution in [0.25, 0.3) is 10.6 Å². The van der Waals surface area contributed by atoms with Crippen molar-refractivity contribution in [2.24, 2.45) is 0 Å². The molecule has 0 unspecified atom stereocenters. The minimum Gasteiger partial charge on any atom is -0.379 e. The van der Waals surface area contributed by atoms with Crippen molar-refractivity contribution in [3.63, 3.8) is 0 Å². The van der Waals surface area contributed by atoms with Crippen LogP contribution in [0, 0.1) is 0 Å². The average Bonchev–Trinajstić information content (AvgIpc) is 3.25. The molecule has 0 fully saturated rings. The second-order valence-electron chi connectivity index (χ2n) is 6.11. The van der Waals surface area contributed by atoms with E-state index < -0.39 is 0 Å². The molecule has 6 heteroatoms. The molecular weight excluding hydrogens is 350 g/mol. The molecule has 0 saturated carbocycles. The van der Waals surface area contributed by atoms with E-state index in [0.717, 1.165) is 22.0 Å². The summed E-state index contributed by atoms with van der Waals surface area (Å²) in [4.78, 5) is 16.4. The first-order valence-corrected chi connectivity index (χ1v) is 10.0. The van der Waals surface area contributed by atoms with Crippen LogP contribution in [0.3, 0.4) is 0 Å². The van der Waals surface area contributed by atoms with Crippen LogP contribution in [-0.2, 0) is 17.8 Å². The number of thiophene rings is 1. The zero-order chi connectivity index (χ0) is 17.6. The Hall–Kier alpha value is -2.18. The Morgan fingerprint density at radius 2 is 1.96 bits per heavy atom. The van der Waals surface area contributed by atoms with E-state index in [1.165, 1.54) is 5.56 Å². The van der Waals surface area contributed by atoms with E-state index in [1.54, 1.807) is 22.7 Å². The number of thiazole rings is 1. The highest BCUT2D eigenvalue weighted by molar-refractivity contribution is 7.14. The molecule has 2 N–H and O–H groups in total. The van der Waals surface area contributed by atoms with E-state index in [4.69, 9.17) is 0 Å². The topological polar surface area (TPSA) is 54.0 Å². The molecule has 0 aliphatic carbocycles. The first-order valence-electron chi connectivity index (χ1n) is 8.19. The van der Waals surface area contributed by atoms with Crippen molar-refractivity contribution < 1.29 is 4.79 Å². The maximum atomic E-state index is 11.8. The number of rotatable bonds is 7. The van der Waals surface area contributed by atoms with Crippen LogP contribution in [0.5, 0.6) is 0 Å². The van der Waals surface area contributed by atoms with Gasteiger partial charge in [0.25, 0.3) is 0 Å². The van der Waals surface area contributed by atoms with Gasteiger partial charge >= 0.3 is 0 Å². The van der Waals surface area contributed by atoms with Gasteiger partial charge < -0.3 is 10.6 Å². The van der Waals surface area contributed by atoms with Crippen LogP contribution >= 0.6 is 22.7 Å². The van der Waals surface area contributed by atoms with Gasteiger partial charge in [-0.3, -0.25) is 4.79 Å². The van der Waals surface area contributed by atoms with Gasteiger partial charge in [-0.05, 0) is 43.0 Å². The number of hydrogen-bond donors (Lipinski definition) is 2.